The van der Waals surface area contributed by atoms with Crippen LogP contribution in [-0.4, -0.2) is 22.1 Å². The van der Waals surface area contributed by atoms with Crippen molar-refractivity contribution in [3.8, 4) is 0 Å². The number of aromatic carboxylic acids is 1. The lowest BCUT2D eigenvalue weighted by atomic mass is 9.90. The second-order valence-electron chi connectivity index (χ2n) is 6.31. The van der Waals surface area contributed by atoms with E-state index >= 15 is 0 Å². The van der Waals surface area contributed by atoms with E-state index < -0.39 is 5.97 Å². The molecule has 0 bridgehead atoms. The molecule has 4 heteroatoms. The summed E-state index contributed by atoms with van der Waals surface area (Å²) in [7, 11) is 0. The van der Waals surface area contributed by atoms with E-state index in [9.17, 15) is 9.90 Å². The number of carboxylic acid groups (broad SMARTS) is 1. The number of anilines is 1. The smallest absolute Gasteiger partial charge is 0.335 e. The van der Waals surface area contributed by atoms with Crippen LogP contribution in [0.15, 0.2) is 12.1 Å². The number of hydrogen-bond acceptors (Lipinski definition) is 3. The predicted octanol–water partition coefficient (Wildman–Crippen LogP) is 3.43. The fraction of sp³-hybridized carbons (Fsp3) is 0.600. The summed E-state index contributed by atoms with van der Waals surface area (Å²) in [4.78, 5) is 15.8. The SMILES string of the molecule is CC(C)(C)c1cc(C(=O)O)cc(NC2CCCC2)n1. The second-order valence-corrected chi connectivity index (χ2v) is 6.31. The van der Waals surface area contributed by atoms with E-state index in [1.54, 1.807) is 12.1 Å². The highest BCUT2D eigenvalue weighted by Gasteiger charge is 2.21. The number of nitrogens with zero attached hydrogens (tertiary/aromatic N) is 1. The Labute approximate surface area is 114 Å². The molecule has 0 spiro atoms. The van der Waals surface area contributed by atoms with Crippen LogP contribution >= 0.6 is 0 Å². The number of carbonyl (C=O) groups is 1. The Morgan fingerprint density at radius 3 is 2.47 bits per heavy atom. The molecule has 0 amide bonds. The van der Waals surface area contributed by atoms with Gasteiger partial charge < -0.3 is 10.4 Å². The van der Waals surface area contributed by atoms with E-state index in [2.05, 4.69) is 10.3 Å². The summed E-state index contributed by atoms with van der Waals surface area (Å²) >= 11 is 0. The topological polar surface area (TPSA) is 62.2 Å². The van der Waals surface area contributed by atoms with Gasteiger partial charge >= 0.3 is 5.97 Å². The Morgan fingerprint density at radius 2 is 1.95 bits per heavy atom. The third kappa shape index (κ3) is 3.46. The van der Waals surface area contributed by atoms with Crippen molar-refractivity contribution in [1.29, 1.82) is 0 Å². The van der Waals surface area contributed by atoms with Gasteiger partial charge in [-0.3, -0.25) is 0 Å². The van der Waals surface area contributed by atoms with Gasteiger partial charge in [0.1, 0.15) is 5.82 Å². The maximum Gasteiger partial charge on any atom is 0.335 e. The molecule has 104 valence electrons. The molecular weight excluding hydrogens is 240 g/mol. The van der Waals surface area contributed by atoms with Crippen LogP contribution in [0.5, 0.6) is 0 Å². The highest BCUT2D eigenvalue weighted by Crippen LogP contribution is 2.26. The second kappa shape index (κ2) is 5.19. The molecular formula is C15H22N2O2. The van der Waals surface area contributed by atoms with Crippen LogP contribution in [0.4, 0.5) is 5.82 Å². The van der Waals surface area contributed by atoms with Crippen LogP contribution in [0.1, 0.15) is 62.5 Å². The molecule has 1 fully saturated rings. The van der Waals surface area contributed by atoms with Crippen molar-refractivity contribution in [1.82, 2.24) is 4.98 Å². The minimum absolute atomic E-state index is 0.155. The first kappa shape index (κ1) is 13.8. The number of pyridine rings is 1. The van der Waals surface area contributed by atoms with Gasteiger partial charge in [0, 0.05) is 17.2 Å². The van der Waals surface area contributed by atoms with Crippen molar-refractivity contribution < 1.29 is 9.90 Å². The summed E-state index contributed by atoms with van der Waals surface area (Å²) in [6.45, 7) is 6.13. The number of aromatic nitrogens is 1. The highest BCUT2D eigenvalue weighted by atomic mass is 16.4. The average molecular weight is 262 g/mol. The lowest BCUT2D eigenvalue weighted by Gasteiger charge is -2.21. The first-order chi connectivity index (χ1) is 8.86. The summed E-state index contributed by atoms with van der Waals surface area (Å²) < 4.78 is 0. The Bertz CT molecular complexity index is 472. The van der Waals surface area contributed by atoms with Crippen molar-refractivity contribution in [3.63, 3.8) is 0 Å². The molecule has 0 saturated heterocycles. The molecule has 1 saturated carbocycles. The molecule has 19 heavy (non-hydrogen) atoms. The molecule has 1 aromatic rings. The van der Waals surface area contributed by atoms with Gasteiger partial charge in [-0.05, 0) is 25.0 Å². The number of hydrogen-bond donors (Lipinski definition) is 2. The zero-order chi connectivity index (χ0) is 14.0. The minimum atomic E-state index is -0.901. The molecule has 0 unspecified atom stereocenters. The fourth-order valence-electron chi connectivity index (χ4n) is 2.39. The average Bonchev–Trinajstić information content (AvgIpc) is 2.80. The van der Waals surface area contributed by atoms with E-state index in [1.807, 2.05) is 20.8 Å². The molecule has 2 rings (SSSR count). The predicted molar refractivity (Wildman–Crippen MR) is 75.8 cm³/mol. The normalized spacial score (nSPS) is 16.6. The van der Waals surface area contributed by atoms with Gasteiger partial charge in [-0.15, -0.1) is 0 Å². The van der Waals surface area contributed by atoms with Crippen LogP contribution in [-0.2, 0) is 5.41 Å². The maximum atomic E-state index is 11.2. The summed E-state index contributed by atoms with van der Waals surface area (Å²) in [6.07, 6.45) is 4.76. The first-order valence-corrected chi connectivity index (χ1v) is 6.88. The summed E-state index contributed by atoms with van der Waals surface area (Å²) in [5.74, 6) is -0.209. The van der Waals surface area contributed by atoms with Gasteiger partial charge in [0.05, 0.1) is 5.56 Å². The van der Waals surface area contributed by atoms with Crippen molar-refractivity contribution in [3.05, 3.63) is 23.4 Å². The van der Waals surface area contributed by atoms with E-state index in [4.69, 9.17) is 0 Å². The number of carboxylic acids is 1. The molecule has 0 atom stereocenters. The molecule has 0 radical (unpaired) electrons. The molecule has 0 aliphatic heterocycles. The molecule has 4 nitrogen and oxygen atoms in total. The van der Waals surface area contributed by atoms with Crippen LogP contribution in [0, 0.1) is 0 Å². The van der Waals surface area contributed by atoms with Gasteiger partial charge in [-0.2, -0.15) is 0 Å². The molecule has 0 aromatic carbocycles. The van der Waals surface area contributed by atoms with E-state index in [-0.39, 0.29) is 5.41 Å². The number of nitrogens with one attached hydrogen (secondary N) is 1. The lowest BCUT2D eigenvalue weighted by molar-refractivity contribution is 0.0696. The standard InChI is InChI=1S/C15H22N2O2/c1-15(2,3)12-8-10(14(18)19)9-13(17-12)16-11-6-4-5-7-11/h8-9,11H,4-7H2,1-3H3,(H,16,17)(H,18,19). The molecule has 1 heterocycles. The van der Waals surface area contributed by atoms with Gasteiger partial charge in [-0.25, -0.2) is 9.78 Å². The van der Waals surface area contributed by atoms with E-state index in [0.717, 1.165) is 18.5 Å². The first-order valence-electron chi connectivity index (χ1n) is 6.88. The highest BCUT2D eigenvalue weighted by molar-refractivity contribution is 5.88. The molecule has 1 aliphatic rings. The Hall–Kier alpha value is -1.58. The van der Waals surface area contributed by atoms with Crippen LogP contribution in [0.25, 0.3) is 0 Å². The zero-order valence-corrected chi connectivity index (χ0v) is 11.9. The van der Waals surface area contributed by atoms with Gasteiger partial charge in [0.15, 0.2) is 0 Å². The third-order valence-electron chi connectivity index (χ3n) is 3.55. The van der Waals surface area contributed by atoms with Gasteiger partial charge in [-0.1, -0.05) is 33.6 Å². The maximum absolute atomic E-state index is 11.2. The quantitative estimate of drug-likeness (QED) is 0.876. The largest absolute Gasteiger partial charge is 0.478 e. The summed E-state index contributed by atoms with van der Waals surface area (Å²) in [6, 6.07) is 3.74. The monoisotopic (exact) mass is 262 g/mol. The van der Waals surface area contributed by atoms with Crippen molar-refractivity contribution >= 4 is 11.8 Å². The molecule has 2 N–H and O–H groups in total. The van der Waals surface area contributed by atoms with Crippen LogP contribution < -0.4 is 5.32 Å². The molecule has 1 aliphatic carbocycles. The van der Waals surface area contributed by atoms with Gasteiger partial charge in [0.2, 0.25) is 0 Å². The third-order valence-corrected chi connectivity index (χ3v) is 3.55. The van der Waals surface area contributed by atoms with E-state index in [1.165, 1.54) is 12.8 Å². The Balaban J connectivity index is 2.31. The van der Waals surface area contributed by atoms with Gasteiger partial charge in [0.25, 0.3) is 0 Å². The summed E-state index contributed by atoms with van der Waals surface area (Å²) in [5, 5.41) is 12.6. The lowest BCUT2D eigenvalue weighted by Crippen LogP contribution is -2.20. The van der Waals surface area contributed by atoms with Crippen LogP contribution in [0.3, 0.4) is 0 Å². The number of rotatable bonds is 3. The Morgan fingerprint density at radius 1 is 1.32 bits per heavy atom. The molecule has 1 aromatic heterocycles. The van der Waals surface area contributed by atoms with E-state index in [0.29, 0.717) is 17.4 Å². The zero-order valence-electron chi connectivity index (χ0n) is 11.9. The Kier molecular flexibility index (Phi) is 3.78. The summed E-state index contributed by atoms with van der Waals surface area (Å²) in [5.41, 5.74) is 0.964. The fourth-order valence-corrected chi connectivity index (χ4v) is 2.39. The van der Waals surface area contributed by atoms with Crippen molar-refractivity contribution in [2.75, 3.05) is 5.32 Å². The minimum Gasteiger partial charge on any atom is -0.478 e. The van der Waals surface area contributed by atoms with Crippen molar-refractivity contribution in [2.45, 2.75) is 57.9 Å². The van der Waals surface area contributed by atoms with Crippen LogP contribution in [0.2, 0.25) is 0 Å². The van der Waals surface area contributed by atoms with Crippen molar-refractivity contribution in [2.24, 2.45) is 0 Å².